The average Bonchev–Trinajstić information content (AvgIpc) is 2.65. The van der Waals surface area contributed by atoms with Crippen LogP contribution in [0.5, 0.6) is 0 Å². The summed E-state index contributed by atoms with van der Waals surface area (Å²) < 4.78 is 64.2. The Hall–Kier alpha value is -2.25. The van der Waals surface area contributed by atoms with Gasteiger partial charge in [0, 0.05) is 26.3 Å². The van der Waals surface area contributed by atoms with Crippen LogP contribution in [0.25, 0.3) is 0 Å². The first-order chi connectivity index (χ1) is 13.2. The molecule has 0 saturated heterocycles. The van der Waals surface area contributed by atoms with Crippen molar-refractivity contribution in [3.05, 3.63) is 53.4 Å². The lowest BCUT2D eigenvalue weighted by Crippen LogP contribution is -2.40. The minimum absolute atomic E-state index is 0. The van der Waals surface area contributed by atoms with Gasteiger partial charge in [0.1, 0.15) is 5.69 Å². The van der Waals surface area contributed by atoms with E-state index in [1.54, 1.807) is 6.92 Å². The number of hydrogen-bond donors (Lipinski definition) is 3. The zero-order valence-electron chi connectivity index (χ0n) is 15.5. The van der Waals surface area contributed by atoms with E-state index in [9.17, 15) is 22.0 Å². The number of halogens is 6. The molecule has 0 aliphatic carbocycles. The average molecular weight is 530 g/mol. The van der Waals surface area contributed by atoms with Crippen LogP contribution < -0.4 is 16.0 Å². The lowest BCUT2D eigenvalue weighted by atomic mass is 10.1. The van der Waals surface area contributed by atoms with Crippen LogP contribution in [-0.4, -0.2) is 36.1 Å². The quantitative estimate of drug-likeness (QED) is 0.175. The van der Waals surface area contributed by atoms with E-state index in [4.69, 9.17) is 0 Å². The molecular weight excluding hydrogens is 510 g/mol. The van der Waals surface area contributed by atoms with Gasteiger partial charge in [0.15, 0.2) is 17.6 Å². The van der Waals surface area contributed by atoms with Crippen LogP contribution in [0.15, 0.2) is 35.5 Å². The van der Waals surface area contributed by atoms with E-state index in [-0.39, 0.29) is 42.5 Å². The molecule has 1 aromatic carbocycles. The van der Waals surface area contributed by atoms with Gasteiger partial charge in [-0.2, -0.15) is 13.2 Å². The van der Waals surface area contributed by atoms with Gasteiger partial charge in [0.05, 0.1) is 6.04 Å². The van der Waals surface area contributed by atoms with Crippen molar-refractivity contribution in [1.82, 2.24) is 20.6 Å². The van der Waals surface area contributed by atoms with Crippen LogP contribution >= 0.6 is 24.0 Å². The standard InChI is InChI=1S/C17H19F5N6.HI/c1-10(11-3-4-12(18)13(19)9-11)27-15(23-2)25-7-8-26-16-24-6-5-14(28-16)17(20,21)22;/h3-6,9-10H,7-8H2,1-2H3,(H2,23,25,27)(H,24,26,28);1H. The first kappa shape index (κ1) is 24.8. The number of nitrogens with zero attached hydrogens (tertiary/aromatic N) is 3. The van der Waals surface area contributed by atoms with Gasteiger partial charge in [0.25, 0.3) is 0 Å². The highest BCUT2D eigenvalue weighted by Gasteiger charge is 2.32. The largest absolute Gasteiger partial charge is 0.433 e. The molecule has 2 rings (SSSR count). The zero-order chi connectivity index (χ0) is 20.7. The summed E-state index contributed by atoms with van der Waals surface area (Å²) in [6.07, 6.45) is -3.52. The predicted molar refractivity (Wildman–Crippen MR) is 110 cm³/mol. The Labute approximate surface area is 181 Å². The number of nitrogens with one attached hydrogen (secondary N) is 3. The molecule has 29 heavy (non-hydrogen) atoms. The molecule has 12 heteroatoms. The maximum atomic E-state index is 13.3. The number of hydrogen-bond acceptors (Lipinski definition) is 4. The zero-order valence-corrected chi connectivity index (χ0v) is 17.8. The SMILES string of the molecule is CN=C(NCCNc1nccc(C(F)(F)F)n1)NC(C)c1ccc(F)c(F)c1.I. The fraction of sp³-hybridized carbons (Fsp3) is 0.353. The molecule has 0 amide bonds. The molecule has 6 nitrogen and oxygen atoms in total. The van der Waals surface area contributed by atoms with Crippen molar-refractivity contribution < 1.29 is 22.0 Å². The molecule has 0 saturated carbocycles. The van der Waals surface area contributed by atoms with Crippen LogP contribution in [0.2, 0.25) is 0 Å². The summed E-state index contributed by atoms with van der Waals surface area (Å²) in [7, 11) is 1.52. The van der Waals surface area contributed by atoms with Gasteiger partial charge in [0.2, 0.25) is 5.95 Å². The summed E-state index contributed by atoms with van der Waals surface area (Å²) in [4.78, 5) is 11.1. The Kier molecular flexibility index (Phi) is 9.46. The predicted octanol–water partition coefficient (Wildman–Crippen LogP) is 3.73. The van der Waals surface area contributed by atoms with E-state index in [2.05, 4.69) is 30.9 Å². The summed E-state index contributed by atoms with van der Waals surface area (Å²) in [5, 5.41) is 8.62. The first-order valence-electron chi connectivity index (χ1n) is 8.27. The molecule has 160 valence electrons. The number of benzene rings is 1. The fourth-order valence-electron chi connectivity index (χ4n) is 2.22. The van der Waals surface area contributed by atoms with Gasteiger partial charge in [-0.05, 0) is 30.7 Å². The van der Waals surface area contributed by atoms with Crippen molar-refractivity contribution in [2.45, 2.75) is 19.1 Å². The van der Waals surface area contributed by atoms with Crippen LogP contribution in [0, 0.1) is 11.6 Å². The number of anilines is 1. The van der Waals surface area contributed by atoms with Gasteiger partial charge in [-0.15, -0.1) is 24.0 Å². The molecule has 1 unspecified atom stereocenters. The third-order valence-corrected chi connectivity index (χ3v) is 3.67. The van der Waals surface area contributed by atoms with E-state index in [1.165, 1.54) is 13.1 Å². The molecule has 1 heterocycles. The number of alkyl halides is 3. The molecule has 2 aromatic rings. The van der Waals surface area contributed by atoms with E-state index in [0.717, 1.165) is 24.4 Å². The molecule has 0 aliphatic heterocycles. The van der Waals surface area contributed by atoms with Crippen molar-refractivity contribution in [1.29, 1.82) is 0 Å². The number of aromatic nitrogens is 2. The number of rotatable bonds is 6. The normalized spacial score (nSPS) is 12.7. The number of guanidine groups is 1. The minimum atomic E-state index is -4.54. The van der Waals surface area contributed by atoms with Gasteiger partial charge in [-0.1, -0.05) is 6.07 Å². The molecule has 0 fully saturated rings. The molecule has 1 aromatic heterocycles. The Morgan fingerprint density at radius 3 is 2.48 bits per heavy atom. The van der Waals surface area contributed by atoms with Gasteiger partial charge >= 0.3 is 6.18 Å². The first-order valence-corrected chi connectivity index (χ1v) is 8.27. The third-order valence-electron chi connectivity index (χ3n) is 3.67. The maximum Gasteiger partial charge on any atom is 0.433 e. The van der Waals surface area contributed by atoms with Gasteiger partial charge in [-0.25, -0.2) is 18.7 Å². The summed E-state index contributed by atoms with van der Waals surface area (Å²) in [6.45, 7) is 2.26. The Morgan fingerprint density at radius 2 is 1.86 bits per heavy atom. The summed E-state index contributed by atoms with van der Waals surface area (Å²) in [5.41, 5.74) is -0.506. The van der Waals surface area contributed by atoms with E-state index in [0.29, 0.717) is 18.1 Å². The molecule has 0 spiro atoms. The van der Waals surface area contributed by atoms with Crippen LogP contribution in [-0.2, 0) is 6.18 Å². The van der Waals surface area contributed by atoms with E-state index >= 15 is 0 Å². The van der Waals surface area contributed by atoms with Crippen molar-refractivity contribution in [2.75, 3.05) is 25.5 Å². The Balaban J connectivity index is 0.00000420. The van der Waals surface area contributed by atoms with Crippen LogP contribution in [0.4, 0.5) is 27.9 Å². The second-order valence-corrected chi connectivity index (χ2v) is 5.73. The van der Waals surface area contributed by atoms with Crippen LogP contribution in [0.3, 0.4) is 0 Å². The lowest BCUT2D eigenvalue weighted by molar-refractivity contribution is -0.141. The van der Waals surface area contributed by atoms with Crippen molar-refractivity contribution in [3.63, 3.8) is 0 Å². The van der Waals surface area contributed by atoms with E-state index in [1.807, 2.05) is 0 Å². The topological polar surface area (TPSA) is 74.2 Å². The Morgan fingerprint density at radius 1 is 1.14 bits per heavy atom. The summed E-state index contributed by atoms with van der Waals surface area (Å²) in [6, 6.07) is 4.01. The molecule has 0 radical (unpaired) electrons. The lowest BCUT2D eigenvalue weighted by Gasteiger charge is -2.18. The molecule has 0 bridgehead atoms. The monoisotopic (exact) mass is 530 g/mol. The van der Waals surface area contributed by atoms with Crippen molar-refractivity contribution in [3.8, 4) is 0 Å². The fourth-order valence-corrected chi connectivity index (χ4v) is 2.22. The molecular formula is C17H20F5IN6. The molecule has 1 atom stereocenters. The van der Waals surface area contributed by atoms with Crippen LogP contribution in [0.1, 0.15) is 24.2 Å². The second kappa shape index (κ2) is 11.1. The van der Waals surface area contributed by atoms with Gasteiger partial charge in [-0.3, -0.25) is 4.99 Å². The molecule has 3 N–H and O–H groups in total. The second-order valence-electron chi connectivity index (χ2n) is 5.73. The highest BCUT2D eigenvalue weighted by Crippen LogP contribution is 2.27. The Bertz CT molecular complexity index is 830. The summed E-state index contributed by atoms with van der Waals surface area (Å²) in [5.74, 6) is -1.64. The third kappa shape index (κ3) is 7.59. The van der Waals surface area contributed by atoms with E-state index < -0.39 is 23.5 Å². The molecule has 0 aliphatic rings. The van der Waals surface area contributed by atoms with Gasteiger partial charge < -0.3 is 16.0 Å². The highest BCUT2D eigenvalue weighted by molar-refractivity contribution is 14.0. The maximum absolute atomic E-state index is 13.3. The van der Waals surface area contributed by atoms with Crippen molar-refractivity contribution >= 4 is 35.9 Å². The smallest absolute Gasteiger partial charge is 0.355 e. The number of aliphatic imine (C=N–C) groups is 1. The summed E-state index contributed by atoms with van der Waals surface area (Å²) >= 11 is 0. The van der Waals surface area contributed by atoms with Crippen molar-refractivity contribution in [2.24, 2.45) is 4.99 Å². The minimum Gasteiger partial charge on any atom is -0.355 e. The highest BCUT2D eigenvalue weighted by atomic mass is 127.